The Hall–Kier alpha value is -2.89. The van der Waals surface area contributed by atoms with Crippen LogP contribution in [0.25, 0.3) is 17.0 Å². The van der Waals surface area contributed by atoms with Crippen LogP contribution in [0.3, 0.4) is 0 Å². The molecule has 0 spiro atoms. The van der Waals surface area contributed by atoms with E-state index in [4.69, 9.17) is 28.3 Å². The molecule has 0 atom stereocenters. The van der Waals surface area contributed by atoms with Gasteiger partial charge in [-0.2, -0.15) is 0 Å². The van der Waals surface area contributed by atoms with Gasteiger partial charge in [0.05, 0.1) is 26.8 Å². The number of aliphatic carboxylic acids is 1. The number of para-hydroxylation sites is 1. The number of pyridine rings is 1. The number of carboxylic acids is 1. The highest BCUT2D eigenvalue weighted by Crippen LogP contribution is 2.27. The van der Waals surface area contributed by atoms with Gasteiger partial charge in [-0.15, -0.1) is 0 Å². The molecule has 3 rings (SSSR count). The summed E-state index contributed by atoms with van der Waals surface area (Å²) in [5, 5.41) is 12.7. The normalized spacial score (nSPS) is 11.0. The van der Waals surface area contributed by atoms with E-state index in [2.05, 4.69) is 10.3 Å². The number of hydrogen-bond donors (Lipinski definition) is 2. The summed E-state index contributed by atoms with van der Waals surface area (Å²) >= 11 is 12.1. The van der Waals surface area contributed by atoms with Crippen LogP contribution in [-0.4, -0.2) is 22.0 Å². The van der Waals surface area contributed by atoms with Crippen LogP contribution in [-0.2, 0) is 4.79 Å². The van der Waals surface area contributed by atoms with E-state index in [1.54, 1.807) is 36.4 Å². The number of carbonyl (C=O) groups excluding carboxylic acids is 1. The molecule has 0 fully saturated rings. The molecule has 3 aromatic rings. The molecule has 0 saturated carbocycles. The van der Waals surface area contributed by atoms with E-state index < -0.39 is 11.9 Å². The third kappa shape index (κ3) is 3.85. The Morgan fingerprint density at radius 3 is 2.46 bits per heavy atom. The number of halogens is 2. The average molecular weight is 387 g/mol. The van der Waals surface area contributed by atoms with Gasteiger partial charge < -0.3 is 10.4 Å². The van der Waals surface area contributed by atoms with Gasteiger partial charge in [0.2, 0.25) is 0 Å². The van der Waals surface area contributed by atoms with E-state index in [1.165, 1.54) is 12.3 Å². The van der Waals surface area contributed by atoms with Crippen molar-refractivity contribution in [2.45, 2.75) is 0 Å². The highest BCUT2D eigenvalue weighted by atomic mass is 35.5. The SMILES string of the molecule is O=C(O)/C=C/c1cnc2c(NC(=O)c3c(Cl)cccc3Cl)cccc2c1. The molecule has 0 saturated heterocycles. The first-order valence-corrected chi connectivity index (χ1v) is 8.26. The molecule has 0 aliphatic rings. The lowest BCUT2D eigenvalue weighted by Gasteiger charge is -2.10. The summed E-state index contributed by atoms with van der Waals surface area (Å²) in [6.45, 7) is 0. The fraction of sp³-hybridized carbons (Fsp3) is 0. The first-order chi connectivity index (χ1) is 12.5. The van der Waals surface area contributed by atoms with Gasteiger partial charge in [0.25, 0.3) is 5.91 Å². The van der Waals surface area contributed by atoms with E-state index in [-0.39, 0.29) is 15.6 Å². The molecule has 2 N–H and O–H groups in total. The summed E-state index contributed by atoms with van der Waals surface area (Å²) in [5.74, 6) is -1.48. The van der Waals surface area contributed by atoms with Crippen LogP contribution in [0.2, 0.25) is 10.0 Å². The van der Waals surface area contributed by atoms with Crippen molar-refractivity contribution in [3.63, 3.8) is 0 Å². The number of anilines is 1. The van der Waals surface area contributed by atoms with Crippen molar-refractivity contribution < 1.29 is 14.7 Å². The Bertz CT molecular complexity index is 1030. The predicted octanol–water partition coefficient (Wildman–Crippen LogP) is 4.89. The molecule has 5 nitrogen and oxygen atoms in total. The van der Waals surface area contributed by atoms with Gasteiger partial charge >= 0.3 is 5.97 Å². The van der Waals surface area contributed by atoms with Crippen molar-refractivity contribution in [1.29, 1.82) is 0 Å². The molecule has 1 amide bonds. The average Bonchev–Trinajstić information content (AvgIpc) is 2.60. The molecule has 0 unspecified atom stereocenters. The van der Waals surface area contributed by atoms with E-state index in [0.717, 1.165) is 11.5 Å². The maximum Gasteiger partial charge on any atom is 0.328 e. The number of nitrogens with zero attached hydrogens (tertiary/aromatic N) is 1. The first kappa shape index (κ1) is 17.9. The zero-order valence-corrected chi connectivity index (χ0v) is 14.8. The lowest BCUT2D eigenvalue weighted by atomic mass is 10.1. The van der Waals surface area contributed by atoms with Crippen LogP contribution < -0.4 is 5.32 Å². The molecule has 2 aromatic carbocycles. The maximum atomic E-state index is 12.6. The minimum Gasteiger partial charge on any atom is -0.478 e. The van der Waals surface area contributed by atoms with Crippen molar-refractivity contribution in [2.24, 2.45) is 0 Å². The largest absolute Gasteiger partial charge is 0.478 e. The number of amides is 1. The molecular formula is C19H12Cl2N2O3. The first-order valence-electron chi connectivity index (χ1n) is 7.51. The zero-order valence-electron chi connectivity index (χ0n) is 13.2. The Morgan fingerprint density at radius 2 is 1.77 bits per heavy atom. The number of carbonyl (C=O) groups is 2. The van der Waals surface area contributed by atoms with Crippen LogP contribution in [0, 0.1) is 0 Å². The van der Waals surface area contributed by atoms with E-state index in [0.29, 0.717) is 16.8 Å². The van der Waals surface area contributed by atoms with Crippen LogP contribution in [0.1, 0.15) is 15.9 Å². The molecule has 26 heavy (non-hydrogen) atoms. The lowest BCUT2D eigenvalue weighted by Crippen LogP contribution is -2.13. The number of hydrogen-bond acceptors (Lipinski definition) is 3. The van der Waals surface area contributed by atoms with Gasteiger partial charge in [-0.1, -0.05) is 41.4 Å². The van der Waals surface area contributed by atoms with E-state index in [9.17, 15) is 9.59 Å². The second-order valence-electron chi connectivity index (χ2n) is 5.37. The van der Waals surface area contributed by atoms with Crippen LogP contribution in [0.4, 0.5) is 5.69 Å². The predicted molar refractivity (Wildman–Crippen MR) is 103 cm³/mol. The minimum absolute atomic E-state index is 0.189. The third-order valence-electron chi connectivity index (χ3n) is 3.59. The highest BCUT2D eigenvalue weighted by molar-refractivity contribution is 6.40. The summed E-state index contributed by atoms with van der Waals surface area (Å²) < 4.78 is 0. The lowest BCUT2D eigenvalue weighted by molar-refractivity contribution is -0.131. The van der Waals surface area contributed by atoms with Crippen molar-refractivity contribution in [2.75, 3.05) is 5.32 Å². The fourth-order valence-corrected chi connectivity index (χ4v) is 3.01. The van der Waals surface area contributed by atoms with E-state index >= 15 is 0 Å². The topological polar surface area (TPSA) is 79.3 Å². The standard InChI is InChI=1S/C19H12Cl2N2O3/c20-13-4-2-5-14(21)17(13)19(26)23-15-6-1-3-12-9-11(7-8-16(24)25)10-22-18(12)15/h1-10H,(H,23,26)(H,24,25)/b8-7+. The Balaban J connectivity index is 1.96. The molecule has 1 heterocycles. The highest BCUT2D eigenvalue weighted by Gasteiger charge is 2.16. The number of rotatable bonds is 4. The fourth-order valence-electron chi connectivity index (χ4n) is 2.44. The summed E-state index contributed by atoms with van der Waals surface area (Å²) in [6.07, 6.45) is 4.01. The molecule has 0 aliphatic carbocycles. The number of carboxylic acid groups (broad SMARTS) is 1. The van der Waals surface area contributed by atoms with Crippen LogP contribution in [0.15, 0.2) is 54.7 Å². The van der Waals surface area contributed by atoms with Crippen LogP contribution in [0.5, 0.6) is 0 Å². The monoisotopic (exact) mass is 386 g/mol. The Labute approximate surface area is 158 Å². The number of aromatic nitrogens is 1. The van der Waals surface area contributed by atoms with Gasteiger partial charge in [-0.05, 0) is 35.9 Å². The third-order valence-corrected chi connectivity index (χ3v) is 4.22. The summed E-state index contributed by atoms with van der Waals surface area (Å²) in [5.41, 5.74) is 1.89. The van der Waals surface area contributed by atoms with Crippen molar-refractivity contribution in [1.82, 2.24) is 4.98 Å². The Morgan fingerprint density at radius 1 is 1.08 bits per heavy atom. The van der Waals surface area contributed by atoms with Gasteiger partial charge in [0.15, 0.2) is 0 Å². The summed E-state index contributed by atoms with van der Waals surface area (Å²) in [6, 6.07) is 11.9. The second kappa shape index (κ2) is 7.56. The quantitative estimate of drug-likeness (QED) is 0.625. The van der Waals surface area contributed by atoms with Gasteiger partial charge in [-0.25, -0.2) is 4.79 Å². The number of fused-ring (bicyclic) bond motifs is 1. The van der Waals surface area contributed by atoms with Crippen molar-refractivity contribution in [3.05, 3.63) is 75.9 Å². The maximum absolute atomic E-state index is 12.6. The van der Waals surface area contributed by atoms with Gasteiger partial charge in [0.1, 0.15) is 0 Å². The zero-order chi connectivity index (χ0) is 18.7. The second-order valence-corrected chi connectivity index (χ2v) is 6.18. The molecular weight excluding hydrogens is 375 g/mol. The minimum atomic E-state index is -1.04. The van der Waals surface area contributed by atoms with Crippen LogP contribution >= 0.6 is 23.2 Å². The number of nitrogens with one attached hydrogen (secondary N) is 1. The summed E-state index contributed by atoms with van der Waals surface area (Å²) in [7, 11) is 0. The van der Waals surface area contributed by atoms with Gasteiger partial charge in [0, 0.05) is 17.7 Å². The summed E-state index contributed by atoms with van der Waals surface area (Å²) in [4.78, 5) is 27.5. The molecule has 130 valence electrons. The van der Waals surface area contributed by atoms with Crippen molar-refractivity contribution in [3.8, 4) is 0 Å². The van der Waals surface area contributed by atoms with E-state index in [1.807, 2.05) is 6.07 Å². The molecule has 0 radical (unpaired) electrons. The number of benzene rings is 2. The molecule has 0 aliphatic heterocycles. The Kier molecular flexibility index (Phi) is 5.21. The molecule has 0 bridgehead atoms. The molecule has 7 heteroatoms. The van der Waals surface area contributed by atoms with Crippen molar-refractivity contribution >= 4 is 57.7 Å². The smallest absolute Gasteiger partial charge is 0.328 e. The molecule has 1 aromatic heterocycles. The van der Waals surface area contributed by atoms with Gasteiger partial charge in [-0.3, -0.25) is 9.78 Å².